The van der Waals surface area contributed by atoms with Crippen LogP contribution in [-0.4, -0.2) is 35.7 Å². The van der Waals surface area contributed by atoms with Crippen LogP contribution in [0.25, 0.3) is 0 Å². The van der Waals surface area contributed by atoms with Crippen LogP contribution in [0.1, 0.15) is 13.3 Å². The number of benzene rings is 1. The van der Waals surface area contributed by atoms with Crippen molar-refractivity contribution in [2.75, 3.05) is 18.6 Å². The van der Waals surface area contributed by atoms with Gasteiger partial charge in [-0.25, -0.2) is 0 Å². The average molecular weight is 406 g/mol. The number of rotatable bonds is 7. The van der Waals surface area contributed by atoms with Gasteiger partial charge in [0.15, 0.2) is 11.2 Å². The Balaban J connectivity index is 2.27. The van der Waals surface area contributed by atoms with E-state index < -0.39 is 6.10 Å². The SMILES string of the molecule is CSCCCNC(=S)NNC(=O)[C@H](C)Oc1cccc(Br)c1. The van der Waals surface area contributed by atoms with Crippen molar-refractivity contribution in [3.63, 3.8) is 0 Å². The molecule has 1 aromatic rings. The Hall–Kier alpha value is -0.990. The molecule has 22 heavy (non-hydrogen) atoms. The summed E-state index contributed by atoms with van der Waals surface area (Å²) in [6, 6.07) is 7.32. The standard InChI is InChI=1S/C14H20BrN3O2S2/c1-10(20-12-6-3-5-11(15)9-12)13(19)17-18-14(21)16-7-4-8-22-2/h3,5-6,9-10H,4,7-8H2,1-2H3,(H,17,19)(H2,16,18,21)/t10-/m0/s1. The van der Waals surface area contributed by atoms with E-state index in [4.69, 9.17) is 17.0 Å². The van der Waals surface area contributed by atoms with Gasteiger partial charge in [0, 0.05) is 11.0 Å². The second kappa shape index (κ2) is 10.7. The van der Waals surface area contributed by atoms with Gasteiger partial charge in [0.05, 0.1) is 0 Å². The minimum Gasteiger partial charge on any atom is -0.481 e. The lowest BCUT2D eigenvalue weighted by Crippen LogP contribution is -2.50. The average Bonchev–Trinajstić information content (AvgIpc) is 2.49. The normalized spacial score (nSPS) is 11.4. The number of ether oxygens (including phenoxy) is 1. The maximum atomic E-state index is 11.9. The third-order valence-electron chi connectivity index (χ3n) is 2.59. The first kappa shape index (κ1) is 19.1. The van der Waals surface area contributed by atoms with E-state index >= 15 is 0 Å². The van der Waals surface area contributed by atoms with Crippen LogP contribution in [0.2, 0.25) is 0 Å². The van der Waals surface area contributed by atoms with Crippen molar-refractivity contribution in [2.45, 2.75) is 19.4 Å². The van der Waals surface area contributed by atoms with Crippen molar-refractivity contribution >= 4 is 50.9 Å². The fraction of sp³-hybridized carbons (Fsp3) is 0.429. The predicted molar refractivity (Wildman–Crippen MR) is 99.1 cm³/mol. The molecule has 1 amide bonds. The maximum absolute atomic E-state index is 11.9. The fourth-order valence-electron chi connectivity index (χ4n) is 1.48. The zero-order valence-electron chi connectivity index (χ0n) is 12.5. The maximum Gasteiger partial charge on any atom is 0.279 e. The van der Waals surface area contributed by atoms with E-state index in [2.05, 4.69) is 38.4 Å². The topological polar surface area (TPSA) is 62.4 Å². The van der Waals surface area contributed by atoms with Crippen molar-refractivity contribution in [3.05, 3.63) is 28.7 Å². The van der Waals surface area contributed by atoms with Crippen LogP contribution in [0.3, 0.4) is 0 Å². The molecule has 0 saturated carbocycles. The van der Waals surface area contributed by atoms with Crippen LogP contribution in [0.5, 0.6) is 5.75 Å². The number of thiocarbonyl (C=S) groups is 1. The van der Waals surface area contributed by atoms with E-state index in [9.17, 15) is 4.79 Å². The first-order valence-corrected chi connectivity index (χ1v) is 9.37. The van der Waals surface area contributed by atoms with Crippen LogP contribution in [0.4, 0.5) is 0 Å². The van der Waals surface area contributed by atoms with Crippen molar-refractivity contribution in [1.29, 1.82) is 0 Å². The van der Waals surface area contributed by atoms with Gasteiger partial charge >= 0.3 is 0 Å². The molecule has 0 heterocycles. The van der Waals surface area contributed by atoms with Crippen molar-refractivity contribution in [1.82, 2.24) is 16.2 Å². The Kier molecular flexibility index (Phi) is 9.26. The molecule has 1 rings (SSSR count). The van der Waals surface area contributed by atoms with Gasteiger partial charge in [0.25, 0.3) is 5.91 Å². The van der Waals surface area contributed by atoms with Crippen LogP contribution in [0, 0.1) is 0 Å². The van der Waals surface area contributed by atoms with Gasteiger partial charge in [0.2, 0.25) is 0 Å². The van der Waals surface area contributed by atoms with Gasteiger partial charge in [-0.15, -0.1) is 0 Å². The summed E-state index contributed by atoms with van der Waals surface area (Å²) in [7, 11) is 0. The van der Waals surface area contributed by atoms with Crippen molar-refractivity contribution in [2.24, 2.45) is 0 Å². The summed E-state index contributed by atoms with van der Waals surface area (Å²) in [5.74, 6) is 1.39. The van der Waals surface area contributed by atoms with E-state index in [0.29, 0.717) is 10.9 Å². The molecule has 0 radical (unpaired) electrons. The van der Waals surface area contributed by atoms with Gasteiger partial charge in [0.1, 0.15) is 5.75 Å². The molecular weight excluding hydrogens is 386 g/mol. The molecule has 0 spiro atoms. The Morgan fingerprint density at radius 3 is 2.91 bits per heavy atom. The van der Waals surface area contributed by atoms with Gasteiger partial charge in [-0.05, 0) is 55.8 Å². The number of amides is 1. The summed E-state index contributed by atoms with van der Waals surface area (Å²) >= 11 is 10.2. The summed E-state index contributed by atoms with van der Waals surface area (Å²) in [4.78, 5) is 11.9. The lowest BCUT2D eigenvalue weighted by Gasteiger charge is -2.16. The van der Waals surface area contributed by atoms with Crippen molar-refractivity contribution in [3.8, 4) is 5.75 Å². The molecule has 0 aliphatic rings. The fourth-order valence-corrected chi connectivity index (χ4v) is 2.44. The number of carbonyl (C=O) groups is 1. The Morgan fingerprint density at radius 2 is 2.23 bits per heavy atom. The summed E-state index contributed by atoms with van der Waals surface area (Å²) in [6.45, 7) is 2.44. The van der Waals surface area contributed by atoms with Gasteiger partial charge in [-0.1, -0.05) is 22.0 Å². The van der Waals surface area contributed by atoms with E-state index in [1.807, 2.05) is 12.1 Å². The molecule has 0 aliphatic carbocycles. The number of hydrogen-bond acceptors (Lipinski definition) is 4. The summed E-state index contributed by atoms with van der Waals surface area (Å²) < 4.78 is 6.45. The highest BCUT2D eigenvalue weighted by Crippen LogP contribution is 2.18. The zero-order valence-corrected chi connectivity index (χ0v) is 15.7. The third kappa shape index (κ3) is 7.86. The molecule has 0 bridgehead atoms. The third-order valence-corrected chi connectivity index (χ3v) is 4.02. The smallest absolute Gasteiger partial charge is 0.279 e. The van der Waals surface area contributed by atoms with E-state index in [1.165, 1.54) is 0 Å². The summed E-state index contributed by atoms with van der Waals surface area (Å²) in [5, 5.41) is 3.41. The number of halogens is 1. The Bertz CT molecular complexity index is 503. The Labute approximate surface area is 149 Å². The molecule has 0 aliphatic heterocycles. The van der Waals surface area contributed by atoms with Crippen LogP contribution < -0.4 is 20.9 Å². The van der Waals surface area contributed by atoms with Crippen LogP contribution in [-0.2, 0) is 4.79 Å². The molecule has 122 valence electrons. The number of nitrogens with one attached hydrogen (secondary N) is 3. The molecule has 5 nitrogen and oxygen atoms in total. The highest BCUT2D eigenvalue weighted by atomic mass is 79.9. The predicted octanol–water partition coefficient (Wildman–Crippen LogP) is 2.46. The molecule has 3 N–H and O–H groups in total. The molecule has 8 heteroatoms. The number of hydrogen-bond donors (Lipinski definition) is 3. The minimum atomic E-state index is -0.638. The lowest BCUT2D eigenvalue weighted by atomic mass is 10.3. The second-order valence-electron chi connectivity index (χ2n) is 4.43. The highest BCUT2D eigenvalue weighted by Gasteiger charge is 2.14. The molecule has 0 fully saturated rings. The van der Waals surface area contributed by atoms with Crippen LogP contribution in [0.15, 0.2) is 28.7 Å². The molecule has 0 saturated heterocycles. The monoisotopic (exact) mass is 405 g/mol. The summed E-state index contributed by atoms with van der Waals surface area (Å²) in [5.41, 5.74) is 5.19. The number of thioether (sulfide) groups is 1. The zero-order chi connectivity index (χ0) is 16.4. The molecular formula is C14H20BrN3O2S2. The molecule has 1 atom stereocenters. The minimum absolute atomic E-state index is 0.298. The van der Waals surface area contributed by atoms with E-state index in [-0.39, 0.29) is 5.91 Å². The first-order chi connectivity index (χ1) is 10.5. The van der Waals surface area contributed by atoms with E-state index in [0.717, 1.165) is 23.2 Å². The molecule has 1 aromatic carbocycles. The highest BCUT2D eigenvalue weighted by molar-refractivity contribution is 9.10. The number of hydrazine groups is 1. The summed E-state index contributed by atoms with van der Waals surface area (Å²) in [6.07, 6.45) is 2.43. The largest absolute Gasteiger partial charge is 0.481 e. The van der Waals surface area contributed by atoms with E-state index in [1.54, 1.807) is 30.8 Å². The first-order valence-electron chi connectivity index (χ1n) is 6.77. The number of carbonyl (C=O) groups excluding carboxylic acids is 1. The van der Waals surface area contributed by atoms with Gasteiger partial charge < -0.3 is 10.1 Å². The van der Waals surface area contributed by atoms with Crippen molar-refractivity contribution < 1.29 is 9.53 Å². The Morgan fingerprint density at radius 1 is 1.45 bits per heavy atom. The molecule has 0 unspecified atom stereocenters. The van der Waals surface area contributed by atoms with Gasteiger partial charge in [-0.2, -0.15) is 11.8 Å². The quantitative estimate of drug-likeness (QED) is 0.368. The molecule has 0 aromatic heterocycles. The van der Waals surface area contributed by atoms with Crippen LogP contribution >= 0.6 is 39.9 Å². The second-order valence-corrected chi connectivity index (χ2v) is 6.74. The van der Waals surface area contributed by atoms with Gasteiger partial charge in [-0.3, -0.25) is 15.6 Å². The lowest BCUT2D eigenvalue weighted by molar-refractivity contribution is -0.127.